The van der Waals surface area contributed by atoms with Gasteiger partial charge in [0, 0.05) is 38.5 Å². The highest BCUT2D eigenvalue weighted by Crippen LogP contribution is 2.43. The quantitative estimate of drug-likeness (QED) is 0.0102. The Hall–Kier alpha value is -9.01. The first kappa shape index (κ1) is 124. The third kappa shape index (κ3) is 41.2. The second kappa shape index (κ2) is 56.0. The van der Waals surface area contributed by atoms with Crippen molar-refractivity contribution in [3.63, 3.8) is 0 Å². The van der Waals surface area contributed by atoms with Gasteiger partial charge in [-0.3, -0.25) is 65.2 Å². The summed E-state index contributed by atoms with van der Waals surface area (Å²) in [6, 6.07) is 12.6. The second-order valence-corrected chi connectivity index (χ2v) is 41.2. The first-order chi connectivity index (χ1) is 69.2. The molecule has 0 spiro atoms. The van der Waals surface area contributed by atoms with E-state index in [9.17, 15) is 142 Å². The topological polar surface area (TPSA) is 866 Å². The number of hydrogen-bond acceptors (Lipinski definition) is 50. The van der Waals surface area contributed by atoms with Crippen molar-refractivity contribution in [3.8, 4) is 0 Å². The lowest BCUT2D eigenvalue weighted by atomic mass is 9.93. The van der Waals surface area contributed by atoms with Crippen LogP contribution < -0.4 is 14.2 Å². The molecule has 5 saturated heterocycles. The van der Waals surface area contributed by atoms with Crippen LogP contribution in [0, 0.1) is 0 Å². The van der Waals surface area contributed by atoms with E-state index < -0.39 is 374 Å². The number of ether oxygens (including phenoxy) is 19. The average Bonchev–Trinajstić information content (AvgIpc) is 0.744. The number of aliphatic hydroxyl groups is 1. The van der Waals surface area contributed by atoms with Gasteiger partial charge in [-0.25, -0.2) is 35.3 Å². The number of esters is 9. The third-order valence-electron chi connectivity index (χ3n) is 20.7. The molecule has 836 valence electrons. The molecule has 0 aromatic heterocycles. The van der Waals surface area contributed by atoms with Gasteiger partial charge in [0.25, 0.3) is 0 Å². The minimum Gasteiger partial charge on any atom is -0.463 e. The molecule has 0 amide bonds. The summed E-state index contributed by atoms with van der Waals surface area (Å²) in [5.41, 5.74) is 0.428. The van der Waals surface area contributed by atoms with Gasteiger partial charge in [-0.1, -0.05) is 133 Å². The van der Waals surface area contributed by atoms with Crippen LogP contribution in [-0.4, -0.2) is 342 Å². The Bertz CT molecular complexity index is 5960. The Morgan fingerprint density at radius 2 is 0.601 bits per heavy atom. The molecule has 0 bridgehead atoms. The highest BCUT2D eigenvalue weighted by Gasteiger charge is 2.65. The smallest absolute Gasteiger partial charge is 0.397 e. The second-order valence-electron chi connectivity index (χ2n) is 32.3. The van der Waals surface area contributed by atoms with Gasteiger partial charge in [0.2, 0.25) is 6.29 Å². The normalized spacial score (nSPS) is 28.0. The van der Waals surface area contributed by atoms with Gasteiger partial charge in [0.15, 0.2) is 80.1 Å². The first-order valence-corrected chi connectivity index (χ1v) is 55.4. The lowest BCUT2D eigenvalue weighted by Crippen LogP contribution is -2.72. The molecule has 25 atom stereocenters. The molecule has 61 nitrogen and oxygen atoms in total. The summed E-state index contributed by atoms with van der Waals surface area (Å²) in [6.07, 6.45) is -71.5. The minimum atomic E-state index is -6.48. The van der Waals surface area contributed by atoms with Crippen molar-refractivity contribution in [2.45, 2.75) is 292 Å². The van der Waals surface area contributed by atoms with E-state index in [0.717, 1.165) is 0 Å². The van der Waals surface area contributed by atoms with Gasteiger partial charge < -0.3 is 95.1 Å². The summed E-state index contributed by atoms with van der Waals surface area (Å²) >= 11 is 0. The van der Waals surface area contributed by atoms with E-state index in [4.69, 9.17) is 107 Å². The summed E-state index contributed by atoms with van der Waals surface area (Å²) in [6.45, 7) is -0.936. The van der Waals surface area contributed by atoms with Crippen LogP contribution in [0.4, 0.5) is 0 Å². The first-order valence-electron chi connectivity index (χ1n) is 44.3. The lowest BCUT2D eigenvalue weighted by molar-refractivity contribution is -0.373. The number of carbonyl (C=O) groups excluding carboxylic acids is 9. The Labute approximate surface area is 846 Å². The zero-order valence-corrected chi connectivity index (χ0v) is 84.9. The molecule has 5 heterocycles. The Morgan fingerprint density at radius 3 is 0.932 bits per heavy atom. The van der Waals surface area contributed by atoms with Crippen LogP contribution in [0.1, 0.15) is 135 Å². The monoisotopic (exact) mass is 2280 g/mol. The molecule has 3 aromatic rings. The SMILES string of the molecule is CCCC(=O)OC/C(=C\C(=O)OCc1ccccc1)OC1OC(COS(=O)(=O)O)C(OC2OC(C(=O)OCc3ccccc3)C(OC3OC(COS(=O)(=O)O)C(OC4OC(C(=O)OCc5ccccc5)C(OC5OC(COS(=O)(=O)O)C(O)C(OC(=O)CCC)C5NS(=O)(=O)O)C(OC(=O)CCC)C4OS(=O)(=O)O)C(OC(=O)CCC)C3NS(=O)(=O)O)C(OC(=O)CCC)C2OS(=O)(=O)O)C(OC(=O)CCC)C1NS(=O)(=O)O. The predicted octanol–water partition coefficient (Wildman–Crippen LogP) is -1.34. The van der Waals surface area contributed by atoms with Crippen LogP contribution >= 0.6 is 0 Å². The summed E-state index contributed by atoms with van der Waals surface area (Å²) in [4.78, 5) is 129. The average molecular weight is 2290 g/mol. The fraction of sp³-hybridized carbons (Fsp3) is 0.633. The van der Waals surface area contributed by atoms with Crippen LogP contribution in [0.25, 0.3) is 0 Å². The van der Waals surface area contributed by atoms with Crippen LogP contribution in [-0.2, 0) is 257 Å². The number of benzene rings is 3. The molecule has 0 saturated carbocycles. The van der Waals surface area contributed by atoms with Gasteiger partial charge in [0.05, 0.1) is 25.9 Å². The minimum absolute atomic E-state index is 0.0111. The summed E-state index contributed by atoms with van der Waals surface area (Å²) in [7, 11) is -48.7. The number of carbonyl (C=O) groups is 9. The van der Waals surface area contributed by atoms with Crippen LogP contribution in [0.15, 0.2) is 103 Å². The van der Waals surface area contributed by atoms with Gasteiger partial charge in [0.1, 0.15) is 99.1 Å². The molecule has 25 unspecified atom stereocenters. The van der Waals surface area contributed by atoms with Gasteiger partial charge in [-0.05, 0) is 55.2 Å². The van der Waals surface area contributed by atoms with E-state index in [1.165, 1.54) is 124 Å². The Kier molecular flexibility index (Phi) is 47.0. The van der Waals surface area contributed by atoms with Gasteiger partial charge in [-0.2, -0.15) is 81.5 Å². The van der Waals surface area contributed by atoms with Crippen molar-refractivity contribution in [2.24, 2.45) is 0 Å². The largest absolute Gasteiger partial charge is 0.463 e. The molecule has 8 rings (SSSR count). The van der Waals surface area contributed by atoms with E-state index in [1.807, 2.05) is 0 Å². The number of nitrogens with one attached hydrogen (secondary N) is 3. The summed E-state index contributed by atoms with van der Waals surface area (Å²) < 4.78 is 438. The number of rotatable bonds is 57. The molecule has 5 aliphatic rings. The van der Waals surface area contributed by atoms with Crippen molar-refractivity contribution in [1.82, 2.24) is 14.2 Å². The molecule has 0 aliphatic carbocycles. The van der Waals surface area contributed by atoms with E-state index in [2.05, 4.69) is 4.18 Å². The molecule has 12 N–H and O–H groups in total. The highest BCUT2D eigenvalue weighted by molar-refractivity contribution is 7.84. The number of hydrogen-bond donors (Lipinski definition) is 12. The van der Waals surface area contributed by atoms with E-state index >= 15 is 9.59 Å². The van der Waals surface area contributed by atoms with E-state index in [1.54, 1.807) is 22.9 Å². The van der Waals surface area contributed by atoms with Crippen LogP contribution in [0.3, 0.4) is 0 Å². The van der Waals surface area contributed by atoms with Gasteiger partial charge in [-0.15, -0.1) is 0 Å². The van der Waals surface area contributed by atoms with E-state index in [0.29, 0.717) is 11.6 Å². The zero-order chi connectivity index (χ0) is 110. The van der Waals surface area contributed by atoms with Crippen molar-refractivity contribution >= 4 is 137 Å². The highest BCUT2D eigenvalue weighted by atomic mass is 32.3. The predicted molar refractivity (Wildman–Crippen MR) is 477 cm³/mol. The molecule has 3 aromatic carbocycles. The molecule has 148 heavy (non-hydrogen) atoms. The zero-order valence-electron chi connectivity index (χ0n) is 78.4. The summed E-state index contributed by atoms with van der Waals surface area (Å²) in [5, 5.41) is 11.7. The van der Waals surface area contributed by atoms with Crippen molar-refractivity contribution < 1.29 is 263 Å². The van der Waals surface area contributed by atoms with Crippen LogP contribution in [0.5, 0.6) is 0 Å². The maximum Gasteiger partial charge on any atom is 0.397 e. The third-order valence-corrected chi connectivity index (χ3v) is 24.6. The lowest BCUT2D eigenvalue weighted by Gasteiger charge is -2.51. The number of aliphatic hydroxyl groups excluding tert-OH is 1. The maximum absolute atomic E-state index is 15.7. The standard InChI is InChI=1S/C79H109N3O58S8/c1-7-22-49(83)118-38-45(34-55(89)117-35-42-28-16-13-17-29-42)124-75-57(81-142(96,97)98)63(129-51(85)24-9-3)60(47(126-75)40-122-145(105,106)107)133-78-72(140-148(114,115)116)68(132-54(88)27-12-6)66(70(138-78)74(92)120-37-44-32-20-15-21-33-44)136-77-58(82-143(99,100)101)64(130-52(86)25-10-4)61(48(127-77)41-123-146(108,109)110)134-79-71(139-147(111,112)113)67(131-53(87)26-11-5)65(69(137-79)73(91)119-36-43-30-18-14-19-31-43)135-76-56(80-141(93,94)95)62(128-50(84)23-8-2)59(90)46(125-76)39-121-144(102,103)104/h13-21,28-34,46-48,56-72,75-82,90H,7-12,22-27,35-41H2,1-6H3,(H,93,94,95)(H,96,97,98)(H,99,100,101)(H,102,103,104)(H,105,106,107)(H,108,109,110)(H,111,112,113)(H,114,115,116)/b45-34+. The molecular weight excluding hydrogens is 2180 g/mol. The van der Waals surface area contributed by atoms with E-state index in [-0.39, 0.29) is 56.1 Å². The Morgan fingerprint density at radius 1 is 0.311 bits per heavy atom. The summed E-state index contributed by atoms with van der Waals surface area (Å²) in [5.74, 6) is -14.9. The molecule has 5 aliphatic heterocycles. The van der Waals surface area contributed by atoms with Crippen molar-refractivity contribution in [1.29, 1.82) is 0 Å². The van der Waals surface area contributed by atoms with Crippen LogP contribution in [0.2, 0.25) is 0 Å². The maximum atomic E-state index is 15.7. The molecule has 69 heteroatoms. The Balaban J connectivity index is 1.40. The van der Waals surface area contributed by atoms with Crippen molar-refractivity contribution in [2.75, 3.05) is 26.4 Å². The van der Waals surface area contributed by atoms with Crippen molar-refractivity contribution in [3.05, 3.63) is 120 Å². The fourth-order valence-electron chi connectivity index (χ4n) is 14.7. The molecule has 0 radical (unpaired) electrons. The van der Waals surface area contributed by atoms with Gasteiger partial charge >= 0.3 is 137 Å². The molecule has 5 fully saturated rings. The molecular formula is C79H109N3O58S8. The fourth-order valence-corrected chi connectivity index (χ4v) is 18.4.